The number of methoxy groups -OCH3 is 2. The molecular weight excluding hydrogens is 408 g/mol. The lowest BCUT2D eigenvalue weighted by Crippen LogP contribution is -2.56. The van der Waals surface area contributed by atoms with Gasteiger partial charge in [0.1, 0.15) is 6.04 Å². The van der Waals surface area contributed by atoms with E-state index < -0.39 is 12.0 Å². The minimum Gasteiger partial charge on any atom is -0.493 e. The smallest absolute Gasteiger partial charge is 0.243 e. The average molecular weight is 447 g/mol. The Morgan fingerprint density at radius 1 is 1.19 bits per heavy atom. The summed E-state index contributed by atoms with van der Waals surface area (Å²) in [6.07, 6.45) is 6.81. The highest BCUT2D eigenvalue weighted by Gasteiger charge is 2.35. The van der Waals surface area contributed by atoms with E-state index in [1.807, 2.05) is 13.8 Å². The van der Waals surface area contributed by atoms with Crippen LogP contribution in [0.2, 0.25) is 0 Å². The molecule has 4 N–H and O–H groups in total. The van der Waals surface area contributed by atoms with Crippen molar-refractivity contribution < 1.29 is 19.1 Å². The molecule has 1 saturated carbocycles. The Bertz CT molecular complexity index is 792. The number of benzene rings is 1. The number of rotatable bonds is 10. The summed E-state index contributed by atoms with van der Waals surface area (Å²) in [5.41, 5.74) is 6.56. The van der Waals surface area contributed by atoms with Crippen molar-refractivity contribution in [2.45, 2.75) is 77.3 Å². The zero-order valence-electron chi connectivity index (χ0n) is 19.8. The van der Waals surface area contributed by atoms with Crippen LogP contribution in [-0.4, -0.2) is 49.0 Å². The fraction of sp³-hybridized carbons (Fsp3) is 0.625. The molecule has 1 fully saturated rings. The number of carbonyl (C=O) groups is 2. The van der Waals surface area contributed by atoms with Gasteiger partial charge in [0.15, 0.2) is 17.5 Å². The molecule has 2 rings (SSSR count). The van der Waals surface area contributed by atoms with Gasteiger partial charge in [-0.2, -0.15) is 0 Å². The largest absolute Gasteiger partial charge is 0.493 e. The lowest BCUT2D eigenvalue weighted by molar-refractivity contribution is -0.136. The van der Waals surface area contributed by atoms with Crippen molar-refractivity contribution in [3.05, 3.63) is 23.8 Å². The quantitative estimate of drug-likeness (QED) is 0.377. The number of ether oxygens (including phenoxy) is 2. The number of amides is 2. The second kappa shape index (κ2) is 12.3. The second-order valence-corrected chi connectivity index (χ2v) is 8.59. The Labute approximate surface area is 191 Å². The molecular formula is C24H38N4O4. The van der Waals surface area contributed by atoms with Gasteiger partial charge in [-0.3, -0.25) is 19.9 Å². The Morgan fingerprint density at radius 2 is 1.84 bits per heavy atom. The summed E-state index contributed by atoms with van der Waals surface area (Å²) in [6, 6.07) is 4.41. The van der Waals surface area contributed by atoms with E-state index in [4.69, 9.17) is 20.6 Å². The molecule has 0 aromatic heterocycles. The standard InChI is InChI=1S/C24H38N4O4/c1-5-16(2)27-23(30)19(13-17-9-7-6-8-10-17)28(24(25)26)22(29)15-18-11-12-20(31-3)21(14-18)32-4/h11-12,14,16-17,19H,5-10,13,15H2,1-4H3,(H3,25,26)(H,27,30)/t16-,19-/m1/s1. The summed E-state index contributed by atoms with van der Waals surface area (Å²) in [4.78, 5) is 27.7. The van der Waals surface area contributed by atoms with Crippen LogP contribution in [0.3, 0.4) is 0 Å². The van der Waals surface area contributed by atoms with Crippen molar-refractivity contribution >= 4 is 17.8 Å². The van der Waals surface area contributed by atoms with E-state index in [-0.39, 0.29) is 24.3 Å². The van der Waals surface area contributed by atoms with Gasteiger partial charge < -0.3 is 20.5 Å². The SMILES string of the molecule is CC[C@@H](C)NC(=O)[C@@H](CC1CCCCC1)N(C(=N)N)C(=O)Cc1ccc(OC)c(OC)c1. The van der Waals surface area contributed by atoms with Crippen LogP contribution in [-0.2, 0) is 16.0 Å². The molecule has 0 heterocycles. The highest BCUT2D eigenvalue weighted by Crippen LogP contribution is 2.30. The topological polar surface area (TPSA) is 118 Å². The zero-order chi connectivity index (χ0) is 23.7. The molecule has 0 radical (unpaired) electrons. The molecule has 0 saturated heterocycles. The molecule has 2 atom stereocenters. The summed E-state index contributed by atoms with van der Waals surface area (Å²) in [6.45, 7) is 3.92. The molecule has 0 unspecified atom stereocenters. The molecule has 178 valence electrons. The van der Waals surface area contributed by atoms with E-state index in [9.17, 15) is 9.59 Å². The Balaban J connectivity index is 2.27. The third kappa shape index (κ3) is 6.87. The first-order chi connectivity index (χ1) is 15.3. The summed E-state index contributed by atoms with van der Waals surface area (Å²) in [5, 5.41) is 11.1. The van der Waals surface area contributed by atoms with Crippen LogP contribution < -0.4 is 20.5 Å². The van der Waals surface area contributed by atoms with E-state index in [0.29, 0.717) is 29.4 Å². The van der Waals surface area contributed by atoms with Gasteiger partial charge in [-0.25, -0.2) is 0 Å². The van der Waals surface area contributed by atoms with Gasteiger partial charge in [0.25, 0.3) is 0 Å². The number of nitrogens with zero attached hydrogens (tertiary/aromatic N) is 1. The minimum absolute atomic E-state index is 0.00227. The molecule has 1 aromatic carbocycles. The first kappa shape index (κ1) is 25.5. The van der Waals surface area contributed by atoms with E-state index in [1.165, 1.54) is 18.4 Å². The first-order valence-electron chi connectivity index (χ1n) is 11.5. The predicted molar refractivity (Wildman–Crippen MR) is 125 cm³/mol. The van der Waals surface area contributed by atoms with Crippen molar-refractivity contribution in [3.63, 3.8) is 0 Å². The Morgan fingerprint density at radius 3 is 2.41 bits per heavy atom. The highest BCUT2D eigenvalue weighted by atomic mass is 16.5. The third-order valence-electron chi connectivity index (χ3n) is 6.23. The Kier molecular flexibility index (Phi) is 9.81. The minimum atomic E-state index is -0.794. The number of nitrogens with two attached hydrogens (primary N) is 1. The van der Waals surface area contributed by atoms with Crippen molar-refractivity contribution in [1.82, 2.24) is 10.2 Å². The fourth-order valence-electron chi connectivity index (χ4n) is 4.24. The van der Waals surface area contributed by atoms with Crippen LogP contribution in [0.15, 0.2) is 18.2 Å². The molecule has 2 amide bonds. The van der Waals surface area contributed by atoms with E-state index in [1.54, 1.807) is 25.3 Å². The number of hydrogen-bond donors (Lipinski definition) is 3. The van der Waals surface area contributed by atoms with Crippen molar-refractivity contribution in [1.29, 1.82) is 5.41 Å². The molecule has 0 bridgehead atoms. The van der Waals surface area contributed by atoms with E-state index >= 15 is 0 Å². The van der Waals surface area contributed by atoms with Crippen LogP contribution in [0.25, 0.3) is 0 Å². The van der Waals surface area contributed by atoms with Gasteiger partial charge in [0.2, 0.25) is 11.8 Å². The fourth-order valence-corrected chi connectivity index (χ4v) is 4.24. The molecule has 1 aromatic rings. The van der Waals surface area contributed by atoms with Crippen molar-refractivity contribution in [2.75, 3.05) is 14.2 Å². The average Bonchev–Trinajstić information content (AvgIpc) is 2.78. The van der Waals surface area contributed by atoms with E-state index in [0.717, 1.165) is 32.1 Å². The van der Waals surface area contributed by atoms with Gasteiger partial charge in [0.05, 0.1) is 20.6 Å². The van der Waals surface area contributed by atoms with Gasteiger partial charge in [-0.1, -0.05) is 45.1 Å². The molecule has 8 nitrogen and oxygen atoms in total. The van der Waals surface area contributed by atoms with E-state index in [2.05, 4.69) is 5.32 Å². The summed E-state index contributed by atoms with van der Waals surface area (Å²) in [5.74, 6) is 0.379. The lowest BCUT2D eigenvalue weighted by Gasteiger charge is -2.34. The summed E-state index contributed by atoms with van der Waals surface area (Å²) in [7, 11) is 3.08. The molecule has 8 heteroatoms. The number of carbonyl (C=O) groups excluding carboxylic acids is 2. The van der Waals surface area contributed by atoms with Gasteiger partial charge in [-0.05, 0) is 43.4 Å². The van der Waals surface area contributed by atoms with Crippen LogP contribution in [0.4, 0.5) is 0 Å². The summed E-state index contributed by atoms with van der Waals surface area (Å²) >= 11 is 0. The predicted octanol–water partition coefficient (Wildman–Crippen LogP) is 3.22. The van der Waals surface area contributed by atoms with Crippen LogP contribution >= 0.6 is 0 Å². The van der Waals surface area contributed by atoms with Crippen molar-refractivity contribution in [2.24, 2.45) is 11.7 Å². The normalized spacial score (nSPS) is 16.0. The maximum Gasteiger partial charge on any atom is 0.243 e. The van der Waals surface area contributed by atoms with Crippen LogP contribution in [0, 0.1) is 11.3 Å². The third-order valence-corrected chi connectivity index (χ3v) is 6.23. The van der Waals surface area contributed by atoms with Crippen LogP contribution in [0.5, 0.6) is 11.5 Å². The first-order valence-corrected chi connectivity index (χ1v) is 11.5. The van der Waals surface area contributed by atoms with Gasteiger partial charge in [-0.15, -0.1) is 0 Å². The molecule has 1 aliphatic carbocycles. The second-order valence-electron chi connectivity index (χ2n) is 8.59. The maximum absolute atomic E-state index is 13.3. The monoisotopic (exact) mass is 446 g/mol. The molecule has 32 heavy (non-hydrogen) atoms. The summed E-state index contributed by atoms with van der Waals surface area (Å²) < 4.78 is 10.6. The number of hydrogen-bond acceptors (Lipinski definition) is 5. The highest BCUT2D eigenvalue weighted by molar-refractivity contribution is 6.00. The molecule has 1 aliphatic rings. The number of nitrogens with one attached hydrogen (secondary N) is 2. The molecule has 0 spiro atoms. The maximum atomic E-state index is 13.3. The Hall–Kier alpha value is -2.77. The molecule has 0 aliphatic heterocycles. The number of guanidine groups is 1. The zero-order valence-corrected chi connectivity index (χ0v) is 19.8. The van der Waals surface area contributed by atoms with Gasteiger partial charge >= 0.3 is 0 Å². The van der Waals surface area contributed by atoms with Crippen molar-refractivity contribution in [3.8, 4) is 11.5 Å². The van der Waals surface area contributed by atoms with Gasteiger partial charge in [0, 0.05) is 6.04 Å². The lowest BCUT2D eigenvalue weighted by atomic mass is 9.84. The van der Waals surface area contributed by atoms with Crippen LogP contribution in [0.1, 0.15) is 64.4 Å².